The van der Waals surface area contributed by atoms with E-state index in [-0.39, 0.29) is 0 Å². The van der Waals surface area contributed by atoms with Crippen molar-refractivity contribution in [2.24, 2.45) is 0 Å². The molecule has 0 aromatic heterocycles. The van der Waals surface area contributed by atoms with Crippen LogP contribution in [-0.2, 0) is 0 Å². The van der Waals surface area contributed by atoms with Gasteiger partial charge in [-0.2, -0.15) is 0 Å². The molecule has 1 heteroatoms. The molecular formula is C8H16N. The zero-order chi connectivity index (χ0) is 6.53. The Hall–Kier alpha value is -0.0400. The van der Waals surface area contributed by atoms with Crippen LogP contribution < -0.4 is 5.32 Å². The third-order valence-electron chi connectivity index (χ3n) is 1.96. The monoisotopic (exact) mass is 126 g/mol. The largest absolute Gasteiger partial charge is 0.314 e. The van der Waals surface area contributed by atoms with Crippen molar-refractivity contribution in [2.45, 2.75) is 38.1 Å². The van der Waals surface area contributed by atoms with E-state index < -0.39 is 0 Å². The van der Waals surface area contributed by atoms with Gasteiger partial charge in [-0.15, -0.1) is 0 Å². The molecule has 0 aliphatic heterocycles. The number of nitrogens with one attached hydrogen (secondary N) is 1. The lowest BCUT2D eigenvalue weighted by molar-refractivity contribution is 0.530. The first kappa shape index (κ1) is 7.07. The van der Waals surface area contributed by atoms with E-state index in [1.165, 1.54) is 25.7 Å². The minimum atomic E-state index is 0.826. The summed E-state index contributed by atoms with van der Waals surface area (Å²) in [6.07, 6.45) is 6.65. The summed E-state index contributed by atoms with van der Waals surface area (Å²) in [6.45, 7) is 4.89. The summed E-state index contributed by atoms with van der Waals surface area (Å²) in [7, 11) is 0. The molecule has 1 N–H and O–H groups in total. The van der Waals surface area contributed by atoms with Crippen molar-refractivity contribution >= 4 is 0 Å². The van der Waals surface area contributed by atoms with Crippen molar-refractivity contribution in [3.63, 3.8) is 0 Å². The van der Waals surface area contributed by atoms with Crippen LogP contribution in [-0.4, -0.2) is 12.6 Å². The Kier molecular flexibility index (Phi) is 3.05. The average Bonchev–Trinajstić information content (AvgIpc) is 2.34. The lowest BCUT2D eigenvalue weighted by Gasteiger charge is -2.08. The number of hydrogen-bond acceptors (Lipinski definition) is 1. The maximum Gasteiger partial charge on any atom is 0.00670 e. The molecular weight excluding hydrogens is 110 g/mol. The van der Waals surface area contributed by atoms with E-state index in [0.29, 0.717) is 0 Å². The van der Waals surface area contributed by atoms with Crippen LogP contribution in [0.2, 0.25) is 0 Å². The van der Waals surface area contributed by atoms with Crippen LogP contribution in [0.15, 0.2) is 0 Å². The summed E-state index contributed by atoms with van der Waals surface area (Å²) in [5.41, 5.74) is 0. The lowest BCUT2D eigenvalue weighted by Crippen LogP contribution is -2.26. The Morgan fingerprint density at radius 2 is 2.00 bits per heavy atom. The molecule has 1 nitrogen and oxygen atoms in total. The van der Waals surface area contributed by atoms with E-state index in [9.17, 15) is 0 Å². The van der Waals surface area contributed by atoms with E-state index in [2.05, 4.69) is 12.2 Å². The highest BCUT2D eigenvalue weighted by Gasteiger charge is 2.12. The molecule has 0 spiro atoms. The highest BCUT2D eigenvalue weighted by molar-refractivity contribution is 4.73. The Morgan fingerprint density at radius 3 is 2.56 bits per heavy atom. The fourth-order valence-corrected chi connectivity index (χ4v) is 1.44. The quantitative estimate of drug-likeness (QED) is 0.607. The van der Waals surface area contributed by atoms with Crippen LogP contribution in [0.3, 0.4) is 0 Å². The predicted octanol–water partition coefficient (Wildman–Crippen LogP) is 1.74. The molecule has 0 amide bonds. The standard InChI is InChI=1S/C8H16N/c1-2-7-9-8-5-3-4-6-8/h8-9H,1-7H2. The molecule has 53 valence electrons. The van der Waals surface area contributed by atoms with Crippen molar-refractivity contribution in [3.8, 4) is 0 Å². The Labute approximate surface area is 57.8 Å². The smallest absolute Gasteiger partial charge is 0.00670 e. The molecule has 9 heavy (non-hydrogen) atoms. The van der Waals surface area contributed by atoms with Gasteiger partial charge in [0.2, 0.25) is 0 Å². The van der Waals surface area contributed by atoms with E-state index in [1.807, 2.05) is 0 Å². The van der Waals surface area contributed by atoms with Gasteiger partial charge in [-0.1, -0.05) is 19.8 Å². The second-order valence-corrected chi connectivity index (χ2v) is 2.79. The van der Waals surface area contributed by atoms with Gasteiger partial charge < -0.3 is 5.32 Å². The van der Waals surface area contributed by atoms with Crippen molar-refractivity contribution in [1.82, 2.24) is 5.32 Å². The van der Waals surface area contributed by atoms with Crippen LogP contribution in [0.1, 0.15) is 32.1 Å². The summed E-state index contributed by atoms with van der Waals surface area (Å²) < 4.78 is 0. The third-order valence-corrected chi connectivity index (χ3v) is 1.96. The van der Waals surface area contributed by atoms with E-state index in [0.717, 1.165) is 19.0 Å². The number of rotatable bonds is 3. The highest BCUT2D eigenvalue weighted by Crippen LogP contribution is 2.17. The molecule has 1 fully saturated rings. The molecule has 0 aromatic carbocycles. The van der Waals surface area contributed by atoms with E-state index >= 15 is 0 Å². The Balaban J connectivity index is 1.98. The third kappa shape index (κ3) is 2.35. The minimum Gasteiger partial charge on any atom is -0.314 e. The molecule has 1 rings (SSSR count). The van der Waals surface area contributed by atoms with Gasteiger partial charge in [0.25, 0.3) is 0 Å². The fraction of sp³-hybridized carbons (Fsp3) is 0.875. The van der Waals surface area contributed by atoms with Gasteiger partial charge in [-0.05, 0) is 25.8 Å². The van der Waals surface area contributed by atoms with Gasteiger partial charge in [0, 0.05) is 6.04 Å². The molecule has 0 bridgehead atoms. The van der Waals surface area contributed by atoms with Crippen molar-refractivity contribution in [3.05, 3.63) is 6.92 Å². The minimum absolute atomic E-state index is 0.826. The van der Waals surface area contributed by atoms with Crippen molar-refractivity contribution < 1.29 is 0 Å². The Morgan fingerprint density at radius 1 is 1.33 bits per heavy atom. The maximum atomic E-state index is 3.78. The van der Waals surface area contributed by atoms with Gasteiger partial charge in [-0.25, -0.2) is 0 Å². The number of hydrogen-bond donors (Lipinski definition) is 1. The van der Waals surface area contributed by atoms with Gasteiger partial charge in [0.15, 0.2) is 0 Å². The molecule has 1 saturated carbocycles. The van der Waals surface area contributed by atoms with Gasteiger partial charge >= 0.3 is 0 Å². The molecule has 0 saturated heterocycles. The second-order valence-electron chi connectivity index (χ2n) is 2.79. The zero-order valence-electron chi connectivity index (χ0n) is 6.03. The Bertz CT molecular complexity index is 65.0. The lowest BCUT2D eigenvalue weighted by atomic mass is 10.2. The molecule has 0 heterocycles. The molecule has 0 unspecified atom stereocenters. The van der Waals surface area contributed by atoms with Crippen molar-refractivity contribution in [1.29, 1.82) is 0 Å². The van der Waals surface area contributed by atoms with Crippen LogP contribution in [0.25, 0.3) is 0 Å². The highest BCUT2D eigenvalue weighted by atomic mass is 14.9. The summed E-state index contributed by atoms with van der Waals surface area (Å²) in [4.78, 5) is 0. The van der Waals surface area contributed by atoms with E-state index in [4.69, 9.17) is 0 Å². The summed E-state index contributed by atoms with van der Waals surface area (Å²) in [5, 5.41) is 3.47. The van der Waals surface area contributed by atoms with Crippen LogP contribution in [0.5, 0.6) is 0 Å². The van der Waals surface area contributed by atoms with Gasteiger partial charge in [0.05, 0.1) is 0 Å². The van der Waals surface area contributed by atoms with E-state index in [1.54, 1.807) is 0 Å². The van der Waals surface area contributed by atoms with Crippen LogP contribution >= 0.6 is 0 Å². The second kappa shape index (κ2) is 3.89. The summed E-state index contributed by atoms with van der Waals surface area (Å²) in [5.74, 6) is 0. The first-order valence-corrected chi connectivity index (χ1v) is 3.96. The summed E-state index contributed by atoms with van der Waals surface area (Å²) in [6, 6.07) is 0.826. The fourth-order valence-electron chi connectivity index (χ4n) is 1.44. The molecule has 1 aliphatic rings. The zero-order valence-corrected chi connectivity index (χ0v) is 6.03. The topological polar surface area (TPSA) is 12.0 Å². The SMILES string of the molecule is [CH2]CCNC1CCCC1. The normalized spacial score (nSPS) is 21.0. The molecule has 1 aliphatic carbocycles. The van der Waals surface area contributed by atoms with Gasteiger partial charge in [0.1, 0.15) is 0 Å². The van der Waals surface area contributed by atoms with Gasteiger partial charge in [-0.3, -0.25) is 0 Å². The maximum absolute atomic E-state index is 3.78. The molecule has 0 atom stereocenters. The van der Waals surface area contributed by atoms with Crippen molar-refractivity contribution in [2.75, 3.05) is 6.54 Å². The summed E-state index contributed by atoms with van der Waals surface area (Å²) >= 11 is 0. The molecule has 1 radical (unpaired) electrons. The first-order chi connectivity index (χ1) is 4.43. The van der Waals surface area contributed by atoms with Crippen LogP contribution in [0.4, 0.5) is 0 Å². The molecule has 0 aromatic rings. The first-order valence-electron chi connectivity index (χ1n) is 3.96. The van der Waals surface area contributed by atoms with Crippen LogP contribution in [0, 0.1) is 6.92 Å². The predicted molar refractivity (Wildman–Crippen MR) is 40.2 cm³/mol. The average molecular weight is 126 g/mol.